The molecule has 4 aromatic rings. The minimum atomic E-state index is -5.29. The highest BCUT2D eigenvalue weighted by molar-refractivity contribution is 7.58. The first-order valence-electron chi connectivity index (χ1n) is 21.8. The van der Waals surface area contributed by atoms with Gasteiger partial charge in [-0.3, -0.25) is 28.5 Å². The van der Waals surface area contributed by atoms with Gasteiger partial charge in [0.2, 0.25) is 17.7 Å². The molecule has 9 rings (SSSR count). The van der Waals surface area contributed by atoms with Crippen molar-refractivity contribution in [3.63, 3.8) is 0 Å². The molecule has 14 nitrogen and oxygen atoms in total. The molecule has 0 bridgehead atoms. The summed E-state index contributed by atoms with van der Waals surface area (Å²) in [6, 6.07) is 18.2. The number of fused-ring (bicyclic) bond motifs is 3. The van der Waals surface area contributed by atoms with Crippen molar-refractivity contribution in [2.24, 2.45) is 17.8 Å². The van der Waals surface area contributed by atoms with E-state index in [0.717, 1.165) is 36.3 Å². The number of benzene rings is 3. The predicted molar refractivity (Wildman–Crippen MR) is 232 cm³/mol. The van der Waals surface area contributed by atoms with Crippen molar-refractivity contribution in [3.8, 4) is 5.75 Å². The molecule has 5 aliphatic rings. The molecule has 18 heteroatoms. The highest BCUT2D eigenvalue weighted by Gasteiger charge is 2.57. The van der Waals surface area contributed by atoms with E-state index < -0.39 is 48.7 Å². The molecule has 0 radical (unpaired) electrons. The molecule has 5 heterocycles. The Morgan fingerprint density at radius 3 is 2.33 bits per heavy atom. The topological polar surface area (TPSA) is 164 Å². The van der Waals surface area contributed by atoms with Gasteiger partial charge in [0.1, 0.15) is 30.5 Å². The Morgan fingerprint density at radius 1 is 0.891 bits per heavy atom. The largest absolute Gasteiger partial charge is 0.460 e. The highest BCUT2D eigenvalue weighted by Crippen LogP contribution is 2.63. The minimum absolute atomic E-state index is 0.0189. The van der Waals surface area contributed by atoms with Crippen LogP contribution in [-0.4, -0.2) is 108 Å². The van der Waals surface area contributed by atoms with Crippen LogP contribution in [0.25, 0.3) is 10.1 Å². The van der Waals surface area contributed by atoms with Gasteiger partial charge in [-0.25, -0.2) is 5.09 Å². The van der Waals surface area contributed by atoms with Gasteiger partial charge in [0.15, 0.2) is 0 Å². The second-order valence-electron chi connectivity index (χ2n) is 17.4. The highest BCUT2D eigenvalue weighted by atomic mass is 32.1. The van der Waals surface area contributed by atoms with Crippen LogP contribution in [0.15, 0.2) is 84.9 Å². The zero-order valence-electron chi connectivity index (χ0n) is 35.2. The van der Waals surface area contributed by atoms with Crippen LogP contribution in [0.1, 0.15) is 59.8 Å². The summed E-state index contributed by atoms with van der Waals surface area (Å²) in [5, 5.41) is 5.49. The molecular weight excluding hydrogens is 868 g/mol. The van der Waals surface area contributed by atoms with E-state index in [4.69, 9.17) is 14.0 Å². The third kappa shape index (κ3) is 8.91. The summed E-state index contributed by atoms with van der Waals surface area (Å²) in [6.45, 7) is 3.81. The maximum Gasteiger partial charge on any atom is 0.390 e. The number of morpholine rings is 1. The van der Waals surface area contributed by atoms with Gasteiger partial charge in [-0.1, -0.05) is 54.6 Å². The zero-order valence-corrected chi connectivity index (χ0v) is 36.9. The number of alkyl halides is 2. The van der Waals surface area contributed by atoms with Crippen molar-refractivity contribution in [1.82, 2.24) is 25.1 Å². The number of ether oxygens (including phenoxy) is 2. The van der Waals surface area contributed by atoms with Crippen LogP contribution >= 0.6 is 18.9 Å². The summed E-state index contributed by atoms with van der Waals surface area (Å²) in [5.74, 6) is -1.69. The quantitative estimate of drug-likeness (QED) is 0.118. The molecule has 4 aliphatic heterocycles. The summed E-state index contributed by atoms with van der Waals surface area (Å²) < 4.78 is 64.7. The molecule has 338 valence electrons. The van der Waals surface area contributed by atoms with Gasteiger partial charge in [0.05, 0.1) is 24.0 Å². The van der Waals surface area contributed by atoms with Crippen molar-refractivity contribution in [3.05, 3.63) is 101 Å². The van der Waals surface area contributed by atoms with Gasteiger partial charge in [-0.05, 0) is 92.1 Å². The summed E-state index contributed by atoms with van der Waals surface area (Å²) in [4.78, 5) is 73.6. The number of carbonyl (C=O) groups excluding carboxylic acids is 5. The average Bonchev–Trinajstić information content (AvgIpc) is 3.63. The van der Waals surface area contributed by atoms with E-state index in [-0.39, 0.29) is 58.2 Å². The third-order valence-corrected chi connectivity index (χ3v) is 16.4. The fourth-order valence-corrected chi connectivity index (χ4v) is 12.2. The number of amides is 4. The molecule has 64 heavy (non-hydrogen) atoms. The Balaban J connectivity index is 0.895. The summed E-state index contributed by atoms with van der Waals surface area (Å²) in [7, 11) is -5.29. The number of thiophene rings is 1. The van der Waals surface area contributed by atoms with E-state index in [9.17, 15) is 28.5 Å². The van der Waals surface area contributed by atoms with Crippen LogP contribution in [-0.2, 0) is 45.5 Å². The van der Waals surface area contributed by atoms with Crippen molar-refractivity contribution in [2.75, 3.05) is 39.4 Å². The number of esters is 1. The molecule has 3 aromatic carbocycles. The Hall–Kier alpha value is -5.22. The van der Waals surface area contributed by atoms with Crippen molar-refractivity contribution in [1.29, 1.82) is 0 Å². The molecule has 1 aliphatic carbocycles. The second kappa shape index (κ2) is 18.0. The normalized spacial score (nSPS) is 24.9. The summed E-state index contributed by atoms with van der Waals surface area (Å²) in [6.07, 6.45) is 3.34. The van der Waals surface area contributed by atoms with Crippen LogP contribution in [0, 0.1) is 17.8 Å². The van der Waals surface area contributed by atoms with E-state index in [0.29, 0.717) is 74.8 Å². The van der Waals surface area contributed by atoms with Crippen LogP contribution in [0.5, 0.6) is 5.75 Å². The molecular formula is C46H50F2N5O9PS. The maximum atomic E-state index is 16.8. The molecule has 0 spiro atoms. The van der Waals surface area contributed by atoms with Gasteiger partial charge in [-0.15, -0.1) is 11.3 Å². The molecule has 4 saturated heterocycles. The van der Waals surface area contributed by atoms with Gasteiger partial charge < -0.3 is 34.0 Å². The van der Waals surface area contributed by atoms with E-state index in [1.165, 1.54) is 43.3 Å². The van der Waals surface area contributed by atoms with Crippen LogP contribution < -0.4 is 14.9 Å². The standard InChI is InChI=1S/C46H50F2N5O9PS/c1-28(45(58)61-27-29-8-4-2-5-9-29)50-63(59,62-36-10-6-3-7-11-36)46(47,48)34-12-15-39-32(21-34)24-40(64-39)41(54)49-37-23-31-20-30(31)22-35-13-14-38(53(35)43(37)56)44(57)52-25-33(26-52)42(55)51-16-18-60-19-17-51/h2-12,15,21,24,28,30-31,33,35,37-38H,13-14,16-20,22-23,25-27H2,1H3,(H,49,54)(H,50,59)/t28-,30+,31-,35+,37-,38-,63?/m0/s1. The Bertz CT molecular complexity index is 2470. The van der Waals surface area contributed by atoms with Gasteiger partial charge >= 0.3 is 19.2 Å². The second-order valence-corrected chi connectivity index (χ2v) is 20.6. The Labute approximate surface area is 373 Å². The minimum Gasteiger partial charge on any atom is -0.460 e. The zero-order chi connectivity index (χ0) is 44.8. The van der Waals surface area contributed by atoms with Gasteiger partial charge in [0.25, 0.3) is 5.91 Å². The lowest BCUT2D eigenvalue weighted by molar-refractivity contribution is -0.156. The first kappa shape index (κ1) is 44.0. The molecule has 5 fully saturated rings. The Kier molecular flexibility index (Phi) is 12.4. The SMILES string of the molecule is C[C@H](NP(=O)(Oc1ccccc1)C(F)(F)c1ccc2sc(C(=O)N[C@H]3C[C@@H]4C[C@@H]4C[C@H]4CC[C@@H](C(=O)N5CC(C(=O)N6CCOCC6)C5)N4C3=O)cc2c1)C(=O)OCc1ccccc1. The van der Waals surface area contributed by atoms with E-state index in [1.54, 1.807) is 51.1 Å². The van der Waals surface area contributed by atoms with Crippen molar-refractivity contribution >= 4 is 58.5 Å². The smallest absolute Gasteiger partial charge is 0.390 e. The van der Waals surface area contributed by atoms with E-state index in [1.807, 2.05) is 0 Å². The molecule has 1 aromatic heterocycles. The lowest BCUT2D eigenvalue weighted by Gasteiger charge is -2.44. The number of likely N-dealkylation sites (tertiary alicyclic amines) is 1. The molecule has 1 unspecified atom stereocenters. The van der Waals surface area contributed by atoms with Crippen molar-refractivity contribution < 1.29 is 51.3 Å². The summed E-state index contributed by atoms with van der Waals surface area (Å²) in [5.41, 5.74) is -4.18. The lowest BCUT2D eigenvalue weighted by atomic mass is 9.96. The molecule has 1 saturated carbocycles. The predicted octanol–water partition coefficient (Wildman–Crippen LogP) is 6.15. The van der Waals surface area contributed by atoms with Crippen LogP contribution in [0.3, 0.4) is 0 Å². The number of rotatable bonds is 13. The van der Waals surface area contributed by atoms with Gasteiger partial charge in [0, 0.05) is 42.5 Å². The first-order valence-corrected chi connectivity index (χ1v) is 24.3. The number of hydrogen-bond acceptors (Lipinski definition) is 10. The number of hydrogen-bond donors (Lipinski definition) is 2. The molecule has 7 atom stereocenters. The molecule has 2 N–H and O–H groups in total. The Morgan fingerprint density at radius 2 is 1.59 bits per heavy atom. The number of halogens is 2. The maximum absolute atomic E-state index is 16.8. The fourth-order valence-electron chi connectivity index (χ4n) is 9.40. The number of carbonyl (C=O) groups is 5. The summed E-state index contributed by atoms with van der Waals surface area (Å²) >= 11 is 1.06. The lowest BCUT2D eigenvalue weighted by Crippen LogP contribution is -2.62. The number of nitrogens with one attached hydrogen (secondary N) is 2. The molecule has 4 amide bonds. The van der Waals surface area contributed by atoms with Crippen LogP contribution in [0.2, 0.25) is 0 Å². The van der Waals surface area contributed by atoms with Crippen LogP contribution in [0.4, 0.5) is 8.78 Å². The van der Waals surface area contributed by atoms with Gasteiger partial charge in [-0.2, -0.15) is 8.78 Å². The number of nitrogens with zero attached hydrogens (tertiary/aromatic N) is 3. The van der Waals surface area contributed by atoms with E-state index in [2.05, 4.69) is 10.4 Å². The monoisotopic (exact) mass is 917 g/mol. The van der Waals surface area contributed by atoms with E-state index >= 15 is 8.78 Å². The fraction of sp³-hybridized carbons (Fsp3) is 0.457. The average molecular weight is 918 g/mol. The number of para-hydroxylation sites is 1. The third-order valence-electron chi connectivity index (χ3n) is 13.1. The van der Waals surface area contributed by atoms with Crippen molar-refractivity contribution in [2.45, 2.75) is 75.5 Å². The first-order chi connectivity index (χ1) is 30.8.